The summed E-state index contributed by atoms with van der Waals surface area (Å²) in [4.78, 5) is 0. The van der Waals surface area contributed by atoms with Gasteiger partial charge in [-0.3, -0.25) is 0 Å². The summed E-state index contributed by atoms with van der Waals surface area (Å²) in [6, 6.07) is 0. The average molecular weight is 244 g/mol. The lowest BCUT2D eigenvalue weighted by Gasteiger charge is -2.05. The quantitative estimate of drug-likeness (QED) is 0.597. The zero-order valence-corrected chi connectivity index (χ0v) is 9.70. The Morgan fingerprint density at radius 2 is 1.57 bits per heavy atom. The van der Waals surface area contributed by atoms with E-state index in [-0.39, 0.29) is 24.5 Å². The van der Waals surface area contributed by atoms with Crippen molar-refractivity contribution >= 4 is 20.0 Å². The van der Waals surface area contributed by atoms with E-state index in [4.69, 9.17) is 5.73 Å². The van der Waals surface area contributed by atoms with Crippen molar-refractivity contribution in [3.8, 4) is 0 Å². The minimum absolute atomic E-state index is 0.186. The first kappa shape index (κ1) is 13.8. The second-order valence-corrected chi connectivity index (χ2v) is 6.81. The highest BCUT2D eigenvalue weighted by Gasteiger charge is 2.18. The van der Waals surface area contributed by atoms with Crippen LogP contribution in [0.1, 0.15) is 19.8 Å². The lowest BCUT2D eigenvalue weighted by atomic mass is 10.5. The van der Waals surface area contributed by atoms with Crippen molar-refractivity contribution in [2.24, 2.45) is 5.73 Å². The second kappa shape index (κ2) is 5.64. The molecule has 0 bridgehead atoms. The van der Waals surface area contributed by atoms with Crippen molar-refractivity contribution in [2.75, 3.05) is 18.1 Å². The lowest BCUT2D eigenvalue weighted by molar-refractivity contribution is 0.575. The van der Waals surface area contributed by atoms with Crippen LogP contribution >= 0.6 is 0 Å². The summed E-state index contributed by atoms with van der Waals surface area (Å²) in [6.45, 7) is 1.88. The first-order valence-corrected chi connectivity index (χ1v) is 7.57. The molecule has 0 unspecified atom stereocenters. The number of rotatable bonds is 7. The molecule has 14 heavy (non-hydrogen) atoms. The monoisotopic (exact) mass is 244 g/mol. The highest BCUT2D eigenvalue weighted by Crippen LogP contribution is 1.95. The Balaban J connectivity index is 4.36. The predicted octanol–water partition coefficient (Wildman–Crippen LogP) is -1.01. The Morgan fingerprint density at radius 3 is 2.00 bits per heavy atom. The fourth-order valence-electron chi connectivity index (χ4n) is 0.819. The fraction of sp³-hybridized carbons (Fsp3) is 1.00. The molecule has 0 aliphatic rings. The van der Waals surface area contributed by atoms with Crippen LogP contribution in [0.25, 0.3) is 0 Å². The Hall–Kier alpha value is -0.180. The number of hydrogen-bond acceptors (Lipinski definition) is 5. The van der Waals surface area contributed by atoms with Gasteiger partial charge < -0.3 is 5.73 Å². The second-order valence-electron chi connectivity index (χ2n) is 2.86. The molecule has 0 amide bonds. The molecule has 0 aliphatic carbocycles. The number of sulfonamides is 2. The average Bonchev–Trinajstić information content (AvgIpc) is 1.98. The topological polar surface area (TPSA) is 106 Å². The van der Waals surface area contributed by atoms with Gasteiger partial charge >= 0.3 is 0 Å². The first-order valence-electron chi connectivity index (χ1n) is 4.27. The van der Waals surface area contributed by atoms with Gasteiger partial charge in [-0.1, -0.05) is 6.92 Å². The van der Waals surface area contributed by atoms with Gasteiger partial charge in [-0.05, 0) is 19.4 Å². The number of nitrogens with one attached hydrogen (secondary N) is 1. The van der Waals surface area contributed by atoms with Gasteiger partial charge in [0.25, 0.3) is 0 Å². The molecular formula is C6H16N2O4S2. The van der Waals surface area contributed by atoms with Crippen molar-refractivity contribution in [1.29, 1.82) is 0 Å². The standard InChI is InChI=1S/C6H16N2O4S2/c1-2-5-13(9,10)8-14(11,12)6-3-4-7/h8H,2-7H2,1H3. The van der Waals surface area contributed by atoms with Crippen LogP contribution in [-0.2, 0) is 20.0 Å². The van der Waals surface area contributed by atoms with Gasteiger partial charge in [-0.15, -0.1) is 4.13 Å². The minimum Gasteiger partial charge on any atom is -0.330 e. The van der Waals surface area contributed by atoms with Gasteiger partial charge in [0.1, 0.15) is 0 Å². The number of hydrogen-bond donors (Lipinski definition) is 2. The fourth-order valence-corrected chi connectivity index (χ4v) is 4.12. The van der Waals surface area contributed by atoms with Crippen LogP contribution in [0, 0.1) is 0 Å². The molecule has 0 fully saturated rings. The molecule has 0 saturated carbocycles. The van der Waals surface area contributed by atoms with E-state index in [9.17, 15) is 16.8 Å². The molecular weight excluding hydrogens is 228 g/mol. The SMILES string of the molecule is CCCS(=O)(=O)NS(=O)(=O)CCCN. The third-order valence-electron chi connectivity index (χ3n) is 1.34. The third kappa shape index (κ3) is 6.30. The maximum absolute atomic E-state index is 11.1. The predicted molar refractivity (Wildman–Crippen MR) is 54.7 cm³/mol. The Bertz CT molecular complexity index is 346. The van der Waals surface area contributed by atoms with Gasteiger partial charge in [0.2, 0.25) is 20.0 Å². The smallest absolute Gasteiger partial charge is 0.224 e. The molecule has 86 valence electrons. The van der Waals surface area contributed by atoms with Crippen LogP contribution in [0.2, 0.25) is 0 Å². The minimum atomic E-state index is -3.74. The van der Waals surface area contributed by atoms with Crippen LogP contribution in [0.5, 0.6) is 0 Å². The normalized spacial score (nSPS) is 13.0. The summed E-state index contributed by atoms with van der Waals surface area (Å²) in [7, 11) is -7.44. The highest BCUT2D eigenvalue weighted by atomic mass is 32.3. The van der Waals surface area contributed by atoms with Gasteiger partial charge in [0, 0.05) is 0 Å². The van der Waals surface area contributed by atoms with E-state index in [0.29, 0.717) is 6.42 Å². The maximum Gasteiger partial charge on any atom is 0.224 e. The summed E-state index contributed by atoms with van der Waals surface area (Å²) in [6.07, 6.45) is 0.624. The molecule has 0 atom stereocenters. The van der Waals surface area contributed by atoms with Crippen molar-refractivity contribution in [1.82, 2.24) is 4.13 Å². The Morgan fingerprint density at radius 1 is 1.07 bits per heavy atom. The van der Waals surface area contributed by atoms with Crippen LogP contribution in [-0.4, -0.2) is 34.9 Å². The lowest BCUT2D eigenvalue weighted by Crippen LogP contribution is -2.34. The van der Waals surface area contributed by atoms with Crippen molar-refractivity contribution in [3.05, 3.63) is 0 Å². The summed E-state index contributed by atoms with van der Waals surface area (Å²) >= 11 is 0. The molecule has 0 saturated heterocycles. The molecule has 0 aliphatic heterocycles. The molecule has 0 heterocycles. The van der Waals surface area contributed by atoms with Crippen molar-refractivity contribution in [2.45, 2.75) is 19.8 Å². The molecule has 0 spiro atoms. The molecule has 3 N–H and O–H groups in total. The maximum atomic E-state index is 11.1. The summed E-state index contributed by atoms with van der Waals surface area (Å²) in [5.74, 6) is -0.443. The van der Waals surface area contributed by atoms with Gasteiger partial charge in [-0.2, -0.15) is 0 Å². The molecule has 8 heteroatoms. The van der Waals surface area contributed by atoms with E-state index in [2.05, 4.69) is 0 Å². The zero-order chi connectivity index (χ0) is 11.2. The van der Waals surface area contributed by atoms with Crippen LogP contribution < -0.4 is 9.86 Å². The molecule has 6 nitrogen and oxygen atoms in total. The molecule has 0 aromatic heterocycles. The van der Waals surface area contributed by atoms with E-state index in [1.165, 1.54) is 0 Å². The van der Waals surface area contributed by atoms with E-state index < -0.39 is 20.0 Å². The van der Waals surface area contributed by atoms with E-state index >= 15 is 0 Å². The van der Waals surface area contributed by atoms with Gasteiger partial charge in [-0.25, -0.2) is 16.8 Å². The highest BCUT2D eigenvalue weighted by molar-refractivity contribution is 8.04. The van der Waals surface area contributed by atoms with Crippen molar-refractivity contribution < 1.29 is 16.8 Å². The summed E-state index contributed by atoms with van der Waals surface area (Å²) in [5, 5.41) is 0. The molecule has 0 radical (unpaired) electrons. The van der Waals surface area contributed by atoms with E-state index in [0.717, 1.165) is 0 Å². The van der Waals surface area contributed by atoms with E-state index in [1.807, 2.05) is 0 Å². The summed E-state index contributed by atoms with van der Waals surface area (Å²) < 4.78 is 46.1. The Labute approximate surface area is 85.0 Å². The molecule has 0 rings (SSSR count). The van der Waals surface area contributed by atoms with Crippen LogP contribution in [0.3, 0.4) is 0 Å². The van der Waals surface area contributed by atoms with Gasteiger partial charge in [0.05, 0.1) is 11.5 Å². The number of nitrogens with two attached hydrogens (primary N) is 1. The van der Waals surface area contributed by atoms with Gasteiger partial charge in [0.15, 0.2) is 0 Å². The van der Waals surface area contributed by atoms with Crippen LogP contribution in [0.4, 0.5) is 0 Å². The summed E-state index contributed by atoms with van der Waals surface area (Å²) in [5.41, 5.74) is 5.12. The zero-order valence-electron chi connectivity index (χ0n) is 8.06. The Kier molecular flexibility index (Phi) is 5.57. The largest absolute Gasteiger partial charge is 0.330 e. The molecule has 0 aromatic rings. The van der Waals surface area contributed by atoms with Crippen molar-refractivity contribution in [3.63, 3.8) is 0 Å². The van der Waals surface area contributed by atoms with E-state index in [1.54, 1.807) is 11.1 Å². The van der Waals surface area contributed by atoms with Crippen LogP contribution in [0.15, 0.2) is 0 Å². The molecule has 0 aromatic carbocycles. The third-order valence-corrected chi connectivity index (χ3v) is 5.15. The first-order chi connectivity index (χ1) is 6.33.